The van der Waals surface area contributed by atoms with Crippen LogP contribution in [0.25, 0.3) is 132 Å². The third-order valence-corrected chi connectivity index (χ3v) is 15.5. The molecular weight excluding hydrogens is 1000 g/mol. The summed E-state index contributed by atoms with van der Waals surface area (Å²) < 4.78 is 5.95. The van der Waals surface area contributed by atoms with Gasteiger partial charge in [-0.15, -0.1) is 0 Å². The third-order valence-electron chi connectivity index (χ3n) is 15.0. The van der Waals surface area contributed by atoms with Crippen molar-refractivity contribution >= 4 is 103 Å². The largest absolute Gasteiger partial charge is 1.00 e. The molecule has 0 aliphatic rings. The molecule has 0 saturated heterocycles. The topological polar surface area (TPSA) is 41.4 Å². The fourth-order valence-electron chi connectivity index (χ4n) is 11.3. The summed E-state index contributed by atoms with van der Waals surface area (Å²) >= 11 is 3.42. The predicted molar refractivity (Wildman–Crippen MR) is 332 cm³/mol. The number of nitrogens with zero attached hydrogens (tertiary/aromatic N) is 2. The maximum Gasteiger partial charge on any atom is 0.0562 e. The summed E-state index contributed by atoms with van der Waals surface area (Å²) in [7, 11) is 0. The Morgan fingerprint density at radius 1 is 0.234 bits per heavy atom. The lowest BCUT2D eigenvalue weighted by Gasteiger charge is -2.11. The molecule has 0 aliphatic heterocycles. The zero-order chi connectivity index (χ0) is 51.2. The standard InChI is InChI=1S/C42H28N2.C18H12N2.C12H9Br.H/c1-3-11-29(12-4-1)31-19-23-33(24-20-31)43-39-17-9-7-15-35(39)37-27-38-36-16-8-10-18-40(36)44(42(38)28-41(37)43)34-25-21-32(22-26-34)30-13-5-2-6-14-30;1-3-7-15-11(5-1)13-9-14-12-6-2-4-8-16(12)20-18(14)10-17(13)19-15;13-12-8-6-11(7-9-12)10-4-2-1-3-5-10;/h1-28H;1-10,19-20H;1-9H;/q;;;-1/i;;;1+1. The first-order valence-corrected chi connectivity index (χ1v) is 26.9. The van der Waals surface area contributed by atoms with Crippen molar-refractivity contribution in [2.24, 2.45) is 0 Å². The van der Waals surface area contributed by atoms with Gasteiger partial charge in [-0.25, -0.2) is 0 Å². The molecule has 0 saturated carbocycles. The van der Waals surface area contributed by atoms with Gasteiger partial charge in [-0.3, -0.25) is 0 Å². The average molecular weight is 1050 g/mol. The SMILES string of the molecule is Brc1ccc(-c2ccccc2)cc1.[2H-].c1ccc(-c2ccc(-n3c4ccccc4c4cc5c6ccccc6n(-c6ccc(-c7ccccc7)cc6)c5cc43)cc2)cc1.c1ccc2c(c1)[nH]c1cc3[nH]c4ccccc4c3cc12. The Balaban J connectivity index is 0.000000139. The second-order valence-electron chi connectivity index (χ2n) is 19.6. The molecule has 5 heteroatoms. The predicted octanol–water partition coefficient (Wildman–Crippen LogP) is 20.4. The highest BCUT2D eigenvalue weighted by Crippen LogP contribution is 2.40. The number of fused-ring (bicyclic) bond motifs is 12. The molecule has 16 rings (SSSR count). The number of hydrogen-bond acceptors (Lipinski definition) is 0. The summed E-state index contributed by atoms with van der Waals surface area (Å²) in [6, 6.07) is 102. The van der Waals surface area contributed by atoms with Crippen LogP contribution in [-0.4, -0.2) is 19.1 Å². The van der Waals surface area contributed by atoms with Gasteiger partial charge in [0.05, 0.1) is 22.1 Å². The maximum absolute atomic E-state index is 3.49. The Labute approximate surface area is 455 Å². The van der Waals surface area contributed by atoms with E-state index in [9.17, 15) is 0 Å². The highest BCUT2D eigenvalue weighted by molar-refractivity contribution is 9.10. The van der Waals surface area contributed by atoms with Crippen LogP contribution in [0.15, 0.2) is 290 Å². The molecule has 0 amide bonds. The van der Waals surface area contributed by atoms with Crippen molar-refractivity contribution in [3.05, 3.63) is 290 Å². The fraction of sp³-hybridized carbons (Fsp3) is 0. The van der Waals surface area contributed by atoms with Gasteiger partial charge in [0.25, 0.3) is 0 Å². The average Bonchev–Trinajstić information content (AvgIpc) is 4.38. The molecule has 16 aromatic rings. The third kappa shape index (κ3) is 8.44. The molecular formula is C72H50BrN4-. The molecule has 0 unspecified atom stereocenters. The van der Waals surface area contributed by atoms with Crippen LogP contribution >= 0.6 is 15.9 Å². The number of hydrogen-bond donors (Lipinski definition) is 2. The van der Waals surface area contributed by atoms with Gasteiger partial charge < -0.3 is 20.5 Å². The van der Waals surface area contributed by atoms with Crippen LogP contribution in [0.3, 0.4) is 0 Å². The Hall–Kier alpha value is -9.68. The van der Waals surface area contributed by atoms with Gasteiger partial charge in [0.2, 0.25) is 0 Å². The molecule has 4 nitrogen and oxygen atoms in total. The van der Waals surface area contributed by atoms with Crippen LogP contribution in [0, 0.1) is 0 Å². The summed E-state index contributed by atoms with van der Waals surface area (Å²) in [6.07, 6.45) is 0. The van der Waals surface area contributed by atoms with Gasteiger partial charge in [0, 0.05) is 81.0 Å². The number of aromatic amines is 2. The Bertz CT molecular complexity index is 4510. The van der Waals surface area contributed by atoms with E-state index in [0.717, 1.165) is 15.8 Å². The maximum atomic E-state index is 3.49. The number of halogens is 1. The van der Waals surface area contributed by atoms with E-state index in [4.69, 9.17) is 0 Å². The molecule has 0 spiro atoms. The van der Waals surface area contributed by atoms with E-state index in [-0.39, 0.29) is 1.43 Å². The fourth-order valence-corrected chi connectivity index (χ4v) is 11.6. The first-order chi connectivity index (χ1) is 38.1. The Morgan fingerprint density at radius 2 is 0.558 bits per heavy atom. The van der Waals surface area contributed by atoms with Crippen molar-refractivity contribution in [1.29, 1.82) is 0 Å². The molecule has 0 fully saturated rings. The molecule has 0 atom stereocenters. The van der Waals surface area contributed by atoms with Crippen molar-refractivity contribution in [3.63, 3.8) is 0 Å². The molecule has 4 aromatic heterocycles. The quantitative estimate of drug-likeness (QED) is 0.172. The van der Waals surface area contributed by atoms with Gasteiger partial charge in [-0.2, -0.15) is 0 Å². The number of nitrogens with one attached hydrogen (secondary N) is 2. The van der Waals surface area contributed by atoms with E-state index in [1.54, 1.807) is 0 Å². The zero-order valence-electron chi connectivity index (χ0n) is 42.9. The van der Waals surface area contributed by atoms with Gasteiger partial charge in [0.1, 0.15) is 0 Å². The van der Waals surface area contributed by atoms with E-state index in [0.29, 0.717) is 0 Å². The van der Waals surface area contributed by atoms with Crippen LogP contribution in [-0.2, 0) is 0 Å². The second-order valence-corrected chi connectivity index (χ2v) is 20.5. The lowest BCUT2D eigenvalue weighted by Crippen LogP contribution is -1.96. The summed E-state index contributed by atoms with van der Waals surface area (Å²) in [5, 5.41) is 10.2. The van der Waals surface area contributed by atoms with Crippen molar-refractivity contribution in [1.82, 2.24) is 19.1 Å². The summed E-state index contributed by atoms with van der Waals surface area (Å²) in [5.41, 5.74) is 19.3. The van der Waals surface area contributed by atoms with E-state index in [2.05, 4.69) is 314 Å². The molecule has 2 N–H and O–H groups in total. The van der Waals surface area contributed by atoms with E-state index in [1.165, 1.54) is 121 Å². The number of benzene rings is 12. The first-order valence-electron chi connectivity index (χ1n) is 26.1. The highest BCUT2D eigenvalue weighted by Gasteiger charge is 2.19. The molecule has 0 radical (unpaired) electrons. The highest BCUT2D eigenvalue weighted by atomic mass is 79.9. The van der Waals surface area contributed by atoms with Crippen molar-refractivity contribution < 1.29 is 1.43 Å². The second kappa shape index (κ2) is 19.5. The number of H-pyrrole nitrogens is 2. The van der Waals surface area contributed by atoms with Crippen LogP contribution in [0.5, 0.6) is 0 Å². The minimum Gasteiger partial charge on any atom is -1.00 e. The van der Waals surface area contributed by atoms with Crippen LogP contribution in [0.1, 0.15) is 1.43 Å². The Kier molecular flexibility index (Phi) is 11.7. The van der Waals surface area contributed by atoms with Crippen LogP contribution < -0.4 is 0 Å². The molecule has 77 heavy (non-hydrogen) atoms. The van der Waals surface area contributed by atoms with Gasteiger partial charge in [0.15, 0.2) is 0 Å². The lowest BCUT2D eigenvalue weighted by atomic mass is 10.1. The summed E-state index contributed by atoms with van der Waals surface area (Å²) in [5.74, 6) is 0. The van der Waals surface area contributed by atoms with Gasteiger partial charge in [-0.05, 0) is 118 Å². The smallest absolute Gasteiger partial charge is 0.0562 e. The van der Waals surface area contributed by atoms with Crippen LogP contribution in [0.4, 0.5) is 0 Å². The minimum atomic E-state index is 0. The number of para-hydroxylation sites is 4. The van der Waals surface area contributed by atoms with Crippen LogP contribution in [0.2, 0.25) is 0 Å². The lowest BCUT2D eigenvalue weighted by molar-refractivity contribution is 1.16. The number of rotatable bonds is 5. The van der Waals surface area contributed by atoms with Gasteiger partial charge >= 0.3 is 0 Å². The van der Waals surface area contributed by atoms with E-state index >= 15 is 0 Å². The van der Waals surface area contributed by atoms with Crippen molar-refractivity contribution in [2.45, 2.75) is 0 Å². The van der Waals surface area contributed by atoms with Crippen molar-refractivity contribution in [3.8, 4) is 44.8 Å². The molecule has 366 valence electrons. The molecule has 0 aliphatic carbocycles. The minimum absolute atomic E-state index is 0. The molecule has 12 aromatic carbocycles. The van der Waals surface area contributed by atoms with Gasteiger partial charge in [-0.1, -0.05) is 216 Å². The van der Waals surface area contributed by atoms with E-state index < -0.39 is 0 Å². The Morgan fingerprint density at radius 3 is 0.974 bits per heavy atom. The molecule has 0 bridgehead atoms. The first kappa shape index (κ1) is 45.9. The number of aromatic nitrogens is 4. The van der Waals surface area contributed by atoms with Crippen molar-refractivity contribution in [2.75, 3.05) is 0 Å². The monoisotopic (exact) mass is 1050 g/mol. The molecule has 4 heterocycles. The van der Waals surface area contributed by atoms with E-state index in [1.807, 2.05) is 6.07 Å². The zero-order valence-corrected chi connectivity index (χ0v) is 43.5. The summed E-state index contributed by atoms with van der Waals surface area (Å²) in [4.78, 5) is 6.99. The normalized spacial score (nSPS) is 11.4. The summed E-state index contributed by atoms with van der Waals surface area (Å²) in [6.45, 7) is 0.